The third-order valence-electron chi connectivity index (χ3n) is 3.94. The fraction of sp³-hybridized carbons (Fsp3) is 0.800. The van der Waals surface area contributed by atoms with Gasteiger partial charge in [0, 0.05) is 6.04 Å². The van der Waals surface area contributed by atoms with E-state index in [0.29, 0.717) is 12.8 Å². The van der Waals surface area contributed by atoms with Crippen LogP contribution in [0, 0.1) is 11.3 Å². The monoisotopic (exact) mass is 295 g/mol. The van der Waals surface area contributed by atoms with Gasteiger partial charge in [-0.25, -0.2) is 0 Å². The second kappa shape index (κ2) is 7.99. The van der Waals surface area contributed by atoms with Crippen LogP contribution in [0.15, 0.2) is 0 Å². The Morgan fingerprint density at radius 1 is 1.29 bits per heavy atom. The Kier molecular flexibility index (Phi) is 6.63. The van der Waals surface area contributed by atoms with Crippen LogP contribution in [0.25, 0.3) is 0 Å². The third-order valence-corrected chi connectivity index (χ3v) is 3.94. The molecule has 1 rings (SSSR count). The molecule has 0 spiro atoms. The highest BCUT2D eigenvalue weighted by molar-refractivity contribution is 5.80. The molecule has 0 aliphatic heterocycles. The topological polar surface area (TPSA) is 82.4 Å². The molecule has 1 aliphatic rings. The summed E-state index contributed by atoms with van der Waals surface area (Å²) in [6, 6.07) is 2.30. The first-order valence-electron chi connectivity index (χ1n) is 7.45. The van der Waals surface area contributed by atoms with Gasteiger partial charge in [0.25, 0.3) is 0 Å². The number of nitriles is 1. The van der Waals surface area contributed by atoms with Gasteiger partial charge in [-0.1, -0.05) is 19.3 Å². The molecule has 0 aromatic rings. The lowest BCUT2D eigenvalue weighted by atomic mass is 9.83. The Labute approximate surface area is 126 Å². The van der Waals surface area contributed by atoms with Gasteiger partial charge < -0.3 is 10.1 Å². The van der Waals surface area contributed by atoms with E-state index in [2.05, 4.69) is 16.1 Å². The maximum atomic E-state index is 12.2. The van der Waals surface area contributed by atoms with Crippen LogP contribution in [0.3, 0.4) is 0 Å². The van der Waals surface area contributed by atoms with Crippen molar-refractivity contribution < 1.29 is 14.3 Å². The van der Waals surface area contributed by atoms with Gasteiger partial charge in [-0.3, -0.25) is 14.5 Å². The number of esters is 1. The first kappa shape index (κ1) is 17.4. The summed E-state index contributed by atoms with van der Waals surface area (Å²) in [5.74, 6) is -0.583. The molecular weight excluding hydrogens is 270 g/mol. The number of rotatable bonds is 6. The van der Waals surface area contributed by atoms with Crippen LogP contribution < -0.4 is 5.32 Å². The van der Waals surface area contributed by atoms with E-state index in [4.69, 9.17) is 0 Å². The molecule has 118 valence electrons. The minimum absolute atomic E-state index is 0.0410. The van der Waals surface area contributed by atoms with E-state index < -0.39 is 5.54 Å². The molecule has 1 N–H and O–H groups in total. The van der Waals surface area contributed by atoms with E-state index in [-0.39, 0.29) is 31.0 Å². The summed E-state index contributed by atoms with van der Waals surface area (Å²) in [5.41, 5.74) is -0.733. The normalized spacial score (nSPS) is 17.3. The number of hydrogen-bond acceptors (Lipinski definition) is 5. The van der Waals surface area contributed by atoms with Gasteiger partial charge in [-0.2, -0.15) is 5.26 Å². The van der Waals surface area contributed by atoms with Crippen molar-refractivity contribution in [2.45, 2.75) is 57.5 Å². The van der Waals surface area contributed by atoms with Crippen LogP contribution in [-0.2, 0) is 14.3 Å². The Hall–Kier alpha value is -1.61. The number of ether oxygens (including phenoxy) is 1. The quantitative estimate of drug-likeness (QED) is 0.745. The Balaban J connectivity index is 2.60. The van der Waals surface area contributed by atoms with Crippen molar-refractivity contribution in [3.8, 4) is 6.07 Å². The lowest BCUT2D eigenvalue weighted by molar-refractivity contribution is -0.142. The molecule has 0 aromatic carbocycles. The number of nitrogens with zero attached hydrogens (tertiary/aromatic N) is 2. The SMILES string of the molecule is COC(=O)CN(CC(=O)NC1(C#N)CCCCC1)C(C)C. The van der Waals surface area contributed by atoms with Gasteiger partial charge in [-0.05, 0) is 26.7 Å². The van der Waals surface area contributed by atoms with E-state index in [0.717, 1.165) is 19.3 Å². The Bertz CT molecular complexity index is 409. The molecule has 6 heteroatoms. The summed E-state index contributed by atoms with van der Waals surface area (Å²) < 4.78 is 4.64. The van der Waals surface area contributed by atoms with Gasteiger partial charge in [0.1, 0.15) is 5.54 Å². The molecule has 0 aromatic heterocycles. The maximum absolute atomic E-state index is 12.2. The maximum Gasteiger partial charge on any atom is 0.319 e. The summed E-state index contributed by atoms with van der Waals surface area (Å²) >= 11 is 0. The molecule has 0 radical (unpaired) electrons. The second-order valence-corrected chi connectivity index (χ2v) is 5.88. The smallest absolute Gasteiger partial charge is 0.319 e. The number of carbonyl (C=O) groups is 2. The van der Waals surface area contributed by atoms with Gasteiger partial charge in [0.05, 0.1) is 26.3 Å². The van der Waals surface area contributed by atoms with Gasteiger partial charge in [-0.15, -0.1) is 0 Å². The molecule has 0 bridgehead atoms. The van der Waals surface area contributed by atoms with E-state index in [9.17, 15) is 14.9 Å². The lowest BCUT2D eigenvalue weighted by Crippen LogP contribution is -2.52. The van der Waals surface area contributed by atoms with E-state index >= 15 is 0 Å². The first-order valence-corrected chi connectivity index (χ1v) is 7.45. The standard InChI is InChI=1S/C15H25N3O3/c1-12(2)18(10-14(20)21-3)9-13(19)17-15(11-16)7-5-4-6-8-15/h12H,4-10H2,1-3H3,(H,17,19). The number of nitrogens with one attached hydrogen (secondary N) is 1. The summed E-state index contributed by atoms with van der Waals surface area (Å²) in [4.78, 5) is 25.3. The molecule has 0 saturated heterocycles. The molecule has 1 saturated carbocycles. The predicted molar refractivity (Wildman–Crippen MR) is 78.3 cm³/mol. The van der Waals surface area contributed by atoms with Crippen molar-refractivity contribution in [1.82, 2.24) is 10.2 Å². The van der Waals surface area contributed by atoms with Crippen molar-refractivity contribution >= 4 is 11.9 Å². The van der Waals surface area contributed by atoms with Crippen molar-refractivity contribution in [3.05, 3.63) is 0 Å². The molecule has 0 atom stereocenters. The zero-order valence-corrected chi connectivity index (χ0v) is 13.1. The average molecular weight is 295 g/mol. The molecule has 1 amide bonds. The number of hydrogen-bond donors (Lipinski definition) is 1. The van der Waals surface area contributed by atoms with Gasteiger partial charge in [0.15, 0.2) is 0 Å². The van der Waals surface area contributed by atoms with Crippen LogP contribution in [0.1, 0.15) is 46.0 Å². The summed E-state index contributed by atoms with van der Waals surface area (Å²) in [5, 5.41) is 12.2. The highest BCUT2D eigenvalue weighted by Crippen LogP contribution is 2.27. The Morgan fingerprint density at radius 2 is 1.90 bits per heavy atom. The fourth-order valence-corrected chi connectivity index (χ4v) is 2.56. The van der Waals surface area contributed by atoms with Crippen LogP contribution in [0.2, 0.25) is 0 Å². The van der Waals surface area contributed by atoms with E-state index in [1.54, 1.807) is 4.90 Å². The molecule has 21 heavy (non-hydrogen) atoms. The predicted octanol–water partition coefficient (Wildman–Crippen LogP) is 1.21. The van der Waals surface area contributed by atoms with Crippen LogP contribution in [0.4, 0.5) is 0 Å². The molecule has 0 heterocycles. The number of carbonyl (C=O) groups excluding carboxylic acids is 2. The van der Waals surface area contributed by atoms with E-state index in [1.807, 2.05) is 13.8 Å². The van der Waals surface area contributed by atoms with Crippen molar-refractivity contribution in [1.29, 1.82) is 5.26 Å². The largest absolute Gasteiger partial charge is 0.468 e. The summed E-state index contributed by atoms with van der Waals surface area (Å²) in [6.07, 6.45) is 4.44. The van der Waals surface area contributed by atoms with E-state index in [1.165, 1.54) is 7.11 Å². The zero-order chi connectivity index (χ0) is 15.9. The molecule has 1 aliphatic carbocycles. The highest BCUT2D eigenvalue weighted by Gasteiger charge is 2.34. The molecule has 0 unspecified atom stereocenters. The van der Waals surface area contributed by atoms with Crippen LogP contribution in [0.5, 0.6) is 0 Å². The van der Waals surface area contributed by atoms with Crippen molar-refractivity contribution in [3.63, 3.8) is 0 Å². The highest BCUT2D eigenvalue weighted by atomic mass is 16.5. The van der Waals surface area contributed by atoms with Crippen molar-refractivity contribution in [2.24, 2.45) is 0 Å². The molecule has 1 fully saturated rings. The first-order chi connectivity index (χ1) is 9.92. The minimum atomic E-state index is -0.733. The molecule has 6 nitrogen and oxygen atoms in total. The zero-order valence-electron chi connectivity index (χ0n) is 13.1. The second-order valence-electron chi connectivity index (χ2n) is 5.88. The van der Waals surface area contributed by atoms with Crippen LogP contribution in [-0.4, -0.2) is 48.6 Å². The third kappa shape index (κ3) is 5.35. The number of methoxy groups -OCH3 is 1. The summed E-state index contributed by atoms with van der Waals surface area (Å²) in [6.45, 7) is 3.99. The van der Waals surface area contributed by atoms with Gasteiger partial charge >= 0.3 is 5.97 Å². The van der Waals surface area contributed by atoms with Gasteiger partial charge in [0.2, 0.25) is 5.91 Å². The lowest BCUT2D eigenvalue weighted by Gasteiger charge is -2.33. The Morgan fingerprint density at radius 3 is 2.38 bits per heavy atom. The average Bonchev–Trinajstić information content (AvgIpc) is 2.47. The van der Waals surface area contributed by atoms with Crippen molar-refractivity contribution in [2.75, 3.05) is 20.2 Å². The minimum Gasteiger partial charge on any atom is -0.468 e. The fourth-order valence-electron chi connectivity index (χ4n) is 2.56. The number of amides is 1. The summed E-state index contributed by atoms with van der Waals surface area (Å²) in [7, 11) is 1.33. The molecular formula is C15H25N3O3. The van der Waals surface area contributed by atoms with Crippen LogP contribution >= 0.6 is 0 Å².